The molecule has 0 aromatic carbocycles. The van der Waals surface area contributed by atoms with E-state index in [2.05, 4.69) is 42.0 Å². The standard InChI is InChI=1S/C18H26N4S/c1-4-16-19-17(15-8-10-23-18(15)20-16)21-9-7-13-5-6-14(11-21)22(13)12(2)3/h8,10,12-14H,4-7,9,11H2,1-3H3. The van der Waals surface area contributed by atoms with Gasteiger partial charge in [0.05, 0.1) is 5.39 Å². The van der Waals surface area contributed by atoms with Crippen LogP contribution in [0.3, 0.4) is 0 Å². The van der Waals surface area contributed by atoms with Gasteiger partial charge in [0.25, 0.3) is 0 Å². The Balaban J connectivity index is 1.70. The number of nitrogens with zero attached hydrogens (tertiary/aromatic N) is 4. The minimum Gasteiger partial charge on any atom is -0.354 e. The summed E-state index contributed by atoms with van der Waals surface area (Å²) in [5.74, 6) is 2.15. The second-order valence-corrected chi connectivity index (χ2v) is 8.01. The number of anilines is 1. The van der Waals surface area contributed by atoms with Gasteiger partial charge in [0.15, 0.2) is 0 Å². The maximum atomic E-state index is 4.91. The van der Waals surface area contributed by atoms with E-state index in [0.717, 1.165) is 36.2 Å². The first kappa shape index (κ1) is 15.3. The molecule has 2 aliphatic rings. The third kappa shape index (κ3) is 2.64. The van der Waals surface area contributed by atoms with Gasteiger partial charge in [0.1, 0.15) is 16.5 Å². The quantitative estimate of drug-likeness (QED) is 0.859. The second kappa shape index (κ2) is 6.02. The van der Waals surface area contributed by atoms with Gasteiger partial charge in [0.2, 0.25) is 0 Å². The first-order chi connectivity index (χ1) is 11.2. The average Bonchev–Trinajstić information content (AvgIpc) is 3.10. The van der Waals surface area contributed by atoms with Crippen molar-refractivity contribution in [2.75, 3.05) is 18.0 Å². The van der Waals surface area contributed by atoms with Gasteiger partial charge in [-0.25, -0.2) is 9.97 Å². The highest BCUT2D eigenvalue weighted by molar-refractivity contribution is 7.16. The lowest BCUT2D eigenvalue weighted by atomic mass is 10.1. The molecule has 124 valence electrons. The van der Waals surface area contributed by atoms with Crippen LogP contribution in [-0.2, 0) is 6.42 Å². The van der Waals surface area contributed by atoms with Crippen LogP contribution in [0.1, 0.15) is 45.9 Å². The minimum atomic E-state index is 0.644. The molecule has 2 atom stereocenters. The van der Waals surface area contributed by atoms with Crippen LogP contribution in [0.15, 0.2) is 11.4 Å². The van der Waals surface area contributed by atoms with E-state index in [4.69, 9.17) is 9.97 Å². The molecule has 0 aliphatic carbocycles. The van der Waals surface area contributed by atoms with E-state index < -0.39 is 0 Å². The smallest absolute Gasteiger partial charge is 0.141 e. The number of hydrogen-bond donors (Lipinski definition) is 0. The van der Waals surface area contributed by atoms with E-state index in [-0.39, 0.29) is 0 Å². The fourth-order valence-electron chi connectivity index (χ4n) is 4.43. The van der Waals surface area contributed by atoms with Crippen molar-refractivity contribution < 1.29 is 0 Å². The summed E-state index contributed by atoms with van der Waals surface area (Å²) in [5, 5.41) is 3.38. The van der Waals surface area contributed by atoms with E-state index in [9.17, 15) is 0 Å². The van der Waals surface area contributed by atoms with Crippen LogP contribution < -0.4 is 4.90 Å². The highest BCUT2D eigenvalue weighted by atomic mass is 32.1. The fraction of sp³-hybridized carbons (Fsp3) is 0.667. The Morgan fingerprint density at radius 2 is 2.04 bits per heavy atom. The van der Waals surface area contributed by atoms with Crippen LogP contribution in [0.5, 0.6) is 0 Å². The molecule has 2 aromatic rings. The highest BCUT2D eigenvalue weighted by Crippen LogP contribution is 2.35. The summed E-state index contributed by atoms with van der Waals surface area (Å²) in [4.78, 5) is 16.0. The molecular weight excluding hydrogens is 304 g/mol. The van der Waals surface area contributed by atoms with E-state index in [0.29, 0.717) is 12.1 Å². The van der Waals surface area contributed by atoms with Crippen LogP contribution in [-0.4, -0.2) is 46.1 Å². The third-order valence-electron chi connectivity index (χ3n) is 5.40. The SMILES string of the molecule is CCc1nc(N2CCC3CCC(C2)N3C(C)C)c2ccsc2n1. The van der Waals surface area contributed by atoms with E-state index in [1.54, 1.807) is 11.3 Å². The molecule has 0 amide bonds. The molecule has 0 spiro atoms. The largest absolute Gasteiger partial charge is 0.354 e. The summed E-state index contributed by atoms with van der Waals surface area (Å²) in [6.45, 7) is 9.06. The fourth-order valence-corrected chi connectivity index (χ4v) is 5.21. The number of fused-ring (bicyclic) bond motifs is 3. The normalized spacial score (nSPS) is 25.5. The van der Waals surface area contributed by atoms with Gasteiger partial charge in [-0.2, -0.15) is 0 Å². The van der Waals surface area contributed by atoms with Crippen molar-refractivity contribution in [3.8, 4) is 0 Å². The summed E-state index contributed by atoms with van der Waals surface area (Å²) in [6.07, 6.45) is 4.86. The Morgan fingerprint density at radius 3 is 2.83 bits per heavy atom. The van der Waals surface area contributed by atoms with Crippen molar-refractivity contribution >= 4 is 27.4 Å². The molecule has 5 heteroatoms. The maximum absolute atomic E-state index is 4.91. The number of aryl methyl sites for hydroxylation is 1. The zero-order chi connectivity index (χ0) is 16.0. The molecule has 0 saturated carbocycles. The Labute approximate surface area is 142 Å². The predicted octanol–water partition coefficient (Wildman–Crippen LogP) is 3.71. The second-order valence-electron chi connectivity index (χ2n) is 7.12. The van der Waals surface area contributed by atoms with Crippen molar-refractivity contribution in [3.05, 3.63) is 17.3 Å². The van der Waals surface area contributed by atoms with E-state index in [1.807, 2.05) is 0 Å². The van der Waals surface area contributed by atoms with Crippen LogP contribution in [0.2, 0.25) is 0 Å². The van der Waals surface area contributed by atoms with Gasteiger partial charge in [-0.15, -0.1) is 11.3 Å². The molecule has 4 heterocycles. The molecule has 0 N–H and O–H groups in total. The molecule has 4 nitrogen and oxygen atoms in total. The van der Waals surface area contributed by atoms with Gasteiger partial charge >= 0.3 is 0 Å². The van der Waals surface area contributed by atoms with Gasteiger partial charge < -0.3 is 4.90 Å². The van der Waals surface area contributed by atoms with Crippen LogP contribution in [0, 0.1) is 0 Å². The summed E-state index contributed by atoms with van der Waals surface area (Å²) in [7, 11) is 0. The number of hydrogen-bond acceptors (Lipinski definition) is 5. The topological polar surface area (TPSA) is 32.3 Å². The van der Waals surface area contributed by atoms with E-state index in [1.165, 1.54) is 30.5 Å². The van der Waals surface area contributed by atoms with Gasteiger partial charge in [0, 0.05) is 37.6 Å². The lowest BCUT2D eigenvalue weighted by molar-refractivity contribution is 0.158. The van der Waals surface area contributed by atoms with Crippen LogP contribution in [0.4, 0.5) is 5.82 Å². The van der Waals surface area contributed by atoms with E-state index >= 15 is 0 Å². The summed E-state index contributed by atoms with van der Waals surface area (Å²) >= 11 is 1.73. The Hall–Kier alpha value is -1.20. The van der Waals surface area contributed by atoms with Crippen LogP contribution >= 0.6 is 11.3 Å². The number of thiophene rings is 1. The summed E-state index contributed by atoms with van der Waals surface area (Å²) in [6, 6.07) is 4.27. The zero-order valence-electron chi connectivity index (χ0n) is 14.3. The number of rotatable bonds is 3. The molecular formula is C18H26N4S. The van der Waals surface area contributed by atoms with Crippen molar-refractivity contribution in [2.45, 2.75) is 64.6 Å². The average molecular weight is 331 g/mol. The molecule has 23 heavy (non-hydrogen) atoms. The van der Waals surface area contributed by atoms with Gasteiger partial charge in [-0.3, -0.25) is 4.90 Å². The first-order valence-electron chi connectivity index (χ1n) is 8.94. The van der Waals surface area contributed by atoms with Crippen molar-refractivity contribution in [3.63, 3.8) is 0 Å². The monoisotopic (exact) mass is 330 g/mol. The summed E-state index contributed by atoms with van der Waals surface area (Å²) < 4.78 is 0. The molecule has 2 fully saturated rings. The Morgan fingerprint density at radius 1 is 1.22 bits per heavy atom. The first-order valence-corrected chi connectivity index (χ1v) is 9.81. The Kier molecular flexibility index (Phi) is 4.01. The molecule has 2 aromatic heterocycles. The molecule has 2 aliphatic heterocycles. The van der Waals surface area contributed by atoms with Crippen molar-refractivity contribution in [1.82, 2.24) is 14.9 Å². The van der Waals surface area contributed by atoms with Crippen molar-refractivity contribution in [1.29, 1.82) is 0 Å². The Bertz CT molecular complexity index is 695. The maximum Gasteiger partial charge on any atom is 0.141 e. The summed E-state index contributed by atoms with van der Waals surface area (Å²) in [5.41, 5.74) is 0. The molecule has 2 unspecified atom stereocenters. The molecule has 2 bridgehead atoms. The minimum absolute atomic E-state index is 0.644. The molecule has 2 saturated heterocycles. The molecule has 4 rings (SSSR count). The highest BCUT2D eigenvalue weighted by Gasteiger charge is 2.39. The zero-order valence-corrected chi connectivity index (χ0v) is 15.1. The lowest BCUT2D eigenvalue weighted by Gasteiger charge is -2.32. The number of aromatic nitrogens is 2. The van der Waals surface area contributed by atoms with Gasteiger partial charge in [-0.05, 0) is 44.6 Å². The van der Waals surface area contributed by atoms with Gasteiger partial charge in [-0.1, -0.05) is 6.92 Å². The van der Waals surface area contributed by atoms with Crippen LogP contribution in [0.25, 0.3) is 10.2 Å². The van der Waals surface area contributed by atoms with Crippen molar-refractivity contribution in [2.24, 2.45) is 0 Å². The predicted molar refractivity (Wildman–Crippen MR) is 97.4 cm³/mol. The lowest BCUT2D eigenvalue weighted by Crippen LogP contribution is -2.43. The molecule has 0 radical (unpaired) electrons. The third-order valence-corrected chi connectivity index (χ3v) is 6.21.